The smallest absolute Gasteiger partial charge is 0.156 e. The number of fused-ring (bicyclic) bond motifs is 1. The van der Waals surface area contributed by atoms with Crippen molar-refractivity contribution in [2.24, 2.45) is 0 Å². The van der Waals surface area contributed by atoms with Gasteiger partial charge in [0.25, 0.3) is 0 Å². The van der Waals surface area contributed by atoms with Gasteiger partial charge in [-0.1, -0.05) is 11.2 Å². The van der Waals surface area contributed by atoms with E-state index in [1.54, 1.807) is 12.4 Å². The van der Waals surface area contributed by atoms with Crippen LogP contribution in [0.15, 0.2) is 41.2 Å². The molecule has 3 aromatic rings. The molecule has 2 aromatic heterocycles. The van der Waals surface area contributed by atoms with Crippen LogP contribution in [0.25, 0.3) is 10.8 Å². The maximum Gasteiger partial charge on any atom is 0.156 e. The van der Waals surface area contributed by atoms with Crippen LogP contribution in [-0.4, -0.2) is 10.1 Å². The number of benzene rings is 1. The van der Waals surface area contributed by atoms with Gasteiger partial charge in [0.05, 0.1) is 23.6 Å². The van der Waals surface area contributed by atoms with Crippen molar-refractivity contribution in [2.75, 3.05) is 11.1 Å². The van der Waals surface area contributed by atoms with E-state index in [9.17, 15) is 0 Å². The van der Waals surface area contributed by atoms with Crippen LogP contribution < -0.4 is 11.1 Å². The third kappa shape index (κ3) is 2.22. The highest BCUT2D eigenvalue weighted by atomic mass is 16.5. The lowest BCUT2D eigenvalue weighted by Gasteiger charge is -2.10. The average molecular weight is 254 g/mol. The number of hydrogen-bond donors (Lipinski definition) is 2. The average Bonchev–Trinajstić information content (AvgIpc) is 2.84. The van der Waals surface area contributed by atoms with Gasteiger partial charge >= 0.3 is 0 Å². The summed E-state index contributed by atoms with van der Waals surface area (Å²) in [5, 5.41) is 9.13. The van der Waals surface area contributed by atoms with Crippen molar-refractivity contribution in [1.29, 1.82) is 0 Å². The predicted octanol–water partition coefficient (Wildman–Crippen LogP) is 2.73. The molecule has 0 saturated heterocycles. The third-order valence-electron chi connectivity index (χ3n) is 2.99. The Hall–Kier alpha value is -2.56. The molecule has 0 aliphatic carbocycles. The maximum atomic E-state index is 6.15. The van der Waals surface area contributed by atoms with Crippen LogP contribution in [0, 0.1) is 6.92 Å². The molecular formula is C14H14N4O. The summed E-state index contributed by atoms with van der Waals surface area (Å²) in [6.45, 7) is 2.45. The van der Waals surface area contributed by atoms with Gasteiger partial charge in [-0.25, -0.2) is 0 Å². The van der Waals surface area contributed by atoms with Crippen LogP contribution in [0.1, 0.15) is 11.5 Å². The van der Waals surface area contributed by atoms with E-state index < -0.39 is 0 Å². The van der Waals surface area contributed by atoms with E-state index >= 15 is 0 Å². The van der Waals surface area contributed by atoms with Crippen molar-refractivity contribution in [1.82, 2.24) is 10.1 Å². The first kappa shape index (κ1) is 11.5. The van der Waals surface area contributed by atoms with Crippen LogP contribution in [0.3, 0.4) is 0 Å². The molecule has 0 fully saturated rings. The summed E-state index contributed by atoms with van der Waals surface area (Å²) in [7, 11) is 0. The number of aryl methyl sites for hydroxylation is 1. The summed E-state index contributed by atoms with van der Waals surface area (Å²) in [6.07, 6.45) is 3.54. The Balaban J connectivity index is 1.87. The normalized spacial score (nSPS) is 10.8. The van der Waals surface area contributed by atoms with Crippen molar-refractivity contribution in [2.45, 2.75) is 13.5 Å². The quantitative estimate of drug-likeness (QED) is 0.703. The molecule has 3 N–H and O–H groups in total. The van der Waals surface area contributed by atoms with Gasteiger partial charge in [0.15, 0.2) is 5.76 Å². The van der Waals surface area contributed by atoms with E-state index in [2.05, 4.69) is 15.5 Å². The molecule has 5 heteroatoms. The molecule has 0 atom stereocenters. The van der Waals surface area contributed by atoms with Crippen LogP contribution in [0.5, 0.6) is 0 Å². The van der Waals surface area contributed by atoms with E-state index in [4.69, 9.17) is 10.3 Å². The van der Waals surface area contributed by atoms with Gasteiger partial charge in [0.1, 0.15) is 0 Å². The molecule has 0 spiro atoms. The second-order valence-corrected chi connectivity index (χ2v) is 4.41. The molecule has 0 radical (unpaired) electrons. The summed E-state index contributed by atoms with van der Waals surface area (Å²) in [4.78, 5) is 4.08. The second kappa shape index (κ2) is 4.61. The summed E-state index contributed by atoms with van der Waals surface area (Å²) in [6, 6.07) is 7.75. The molecule has 19 heavy (non-hydrogen) atoms. The van der Waals surface area contributed by atoms with Gasteiger partial charge in [0.2, 0.25) is 0 Å². The molecule has 0 aliphatic heterocycles. The number of nitrogens with two attached hydrogens (primary N) is 1. The first-order chi connectivity index (χ1) is 9.24. The molecule has 0 unspecified atom stereocenters. The van der Waals surface area contributed by atoms with Crippen molar-refractivity contribution >= 4 is 22.1 Å². The zero-order valence-electron chi connectivity index (χ0n) is 10.6. The number of anilines is 2. The number of nitrogens with zero attached hydrogens (tertiary/aromatic N) is 2. The third-order valence-corrected chi connectivity index (χ3v) is 2.99. The molecule has 0 saturated carbocycles. The summed E-state index contributed by atoms with van der Waals surface area (Å²) < 4.78 is 5.15. The van der Waals surface area contributed by atoms with E-state index in [-0.39, 0.29) is 0 Å². The number of nitrogens with one attached hydrogen (secondary N) is 1. The number of rotatable bonds is 3. The van der Waals surface area contributed by atoms with E-state index in [1.165, 1.54) is 0 Å². The Morgan fingerprint density at radius 1 is 1.32 bits per heavy atom. The Morgan fingerprint density at radius 2 is 2.21 bits per heavy atom. The molecule has 96 valence electrons. The zero-order chi connectivity index (χ0) is 13.2. The second-order valence-electron chi connectivity index (χ2n) is 4.41. The standard InChI is InChI=1S/C14H14N4O/c1-9-6-11(19-18-9)8-17-13-3-2-10-7-16-5-4-12(10)14(13)15/h2-7,17H,8,15H2,1H3. The highest BCUT2D eigenvalue weighted by Crippen LogP contribution is 2.28. The topological polar surface area (TPSA) is 77.0 Å². The predicted molar refractivity (Wildman–Crippen MR) is 74.7 cm³/mol. The fourth-order valence-corrected chi connectivity index (χ4v) is 2.03. The van der Waals surface area contributed by atoms with Gasteiger partial charge in [-0.2, -0.15) is 0 Å². The highest BCUT2D eigenvalue weighted by molar-refractivity contribution is 5.98. The summed E-state index contributed by atoms with van der Waals surface area (Å²) in [5.41, 5.74) is 8.62. The number of hydrogen-bond acceptors (Lipinski definition) is 5. The van der Waals surface area contributed by atoms with Gasteiger partial charge in [0, 0.05) is 29.2 Å². The monoisotopic (exact) mass is 254 g/mol. The van der Waals surface area contributed by atoms with Crippen LogP contribution in [0.4, 0.5) is 11.4 Å². The van der Waals surface area contributed by atoms with E-state index in [1.807, 2.05) is 31.2 Å². The minimum Gasteiger partial charge on any atom is -0.397 e. The largest absolute Gasteiger partial charge is 0.397 e. The van der Waals surface area contributed by atoms with Crippen LogP contribution in [-0.2, 0) is 6.54 Å². The minimum atomic E-state index is 0.557. The molecule has 3 rings (SSSR count). The zero-order valence-corrected chi connectivity index (χ0v) is 10.6. The van der Waals surface area contributed by atoms with Crippen molar-refractivity contribution in [3.8, 4) is 0 Å². The number of aromatic nitrogens is 2. The van der Waals surface area contributed by atoms with Gasteiger partial charge in [-0.3, -0.25) is 4.98 Å². The fourth-order valence-electron chi connectivity index (χ4n) is 2.03. The first-order valence-corrected chi connectivity index (χ1v) is 6.02. The molecule has 0 amide bonds. The molecule has 1 aromatic carbocycles. The van der Waals surface area contributed by atoms with E-state index in [0.29, 0.717) is 6.54 Å². The van der Waals surface area contributed by atoms with Crippen molar-refractivity contribution < 1.29 is 4.52 Å². The molecular weight excluding hydrogens is 240 g/mol. The highest BCUT2D eigenvalue weighted by Gasteiger charge is 2.05. The Kier molecular flexibility index (Phi) is 2.79. The minimum absolute atomic E-state index is 0.557. The van der Waals surface area contributed by atoms with Crippen molar-refractivity contribution in [3.63, 3.8) is 0 Å². The SMILES string of the molecule is Cc1cc(CNc2ccc3cnccc3c2N)on1. The van der Waals surface area contributed by atoms with Gasteiger partial charge in [-0.05, 0) is 19.1 Å². The van der Waals surface area contributed by atoms with Gasteiger partial charge < -0.3 is 15.6 Å². The van der Waals surface area contributed by atoms with Crippen LogP contribution >= 0.6 is 0 Å². The Morgan fingerprint density at radius 3 is 3.00 bits per heavy atom. The van der Waals surface area contributed by atoms with Gasteiger partial charge in [-0.15, -0.1) is 0 Å². The lowest BCUT2D eigenvalue weighted by Crippen LogP contribution is -2.02. The first-order valence-electron chi connectivity index (χ1n) is 6.02. The van der Waals surface area contributed by atoms with E-state index in [0.717, 1.165) is 33.6 Å². The summed E-state index contributed by atoms with van der Waals surface area (Å²) >= 11 is 0. The fraction of sp³-hybridized carbons (Fsp3) is 0.143. The Bertz CT molecular complexity index is 720. The maximum absolute atomic E-state index is 6.15. The number of nitrogen functional groups attached to an aromatic ring is 1. The van der Waals surface area contributed by atoms with Crippen molar-refractivity contribution in [3.05, 3.63) is 48.1 Å². The summed E-state index contributed by atoms with van der Waals surface area (Å²) in [5.74, 6) is 0.784. The molecule has 0 aliphatic rings. The number of pyridine rings is 1. The molecule has 2 heterocycles. The lowest BCUT2D eigenvalue weighted by atomic mass is 10.1. The Labute approximate surface area is 110 Å². The molecule has 0 bridgehead atoms. The molecule has 5 nitrogen and oxygen atoms in total. The lowest BCUT2D eigenvalue weighted by molar-refractivity contribution is 0.384. The van der Waals surface area contributed by atoms with Crippen LogP contribution in [0.2, 0.25) is 0 Å².